The maximum atomic E-state index is 11.4. The van der Waals surface area contributed by atoms with Crippen molar-refractivity contribution in [3.63, 3.8) is 0 Å². The molecule has 0 spiro atoms. The number of nitrogens with one attached hydrogen (secondary N) is 2. The van der Waals surface area contributed by atoms with E-state index in [9.17, 15) is 4.79 Å². The van der Waals surface area contributed by atoms with Crippen molar-refractivity contribution < 1.29 is 4.79 Å². The van der Waals surface area contributed by atoms with E-state index in [2.05, 4.69) is 17.2 Å². The second-order valence-corrected chi connectivity index (χ2v) is 4.73. The smallest absolute Gasteiger partial charge is 0.221 e. The minimum Gasteiger partial charge on any atom is -0.351 e. The van der Waals surface area contributed by atoms with Crippen molar-refractivity contribution >= 4 is 5.91 Å². The molecule has 88 valence electrons. The Morgan fingerprint density at radius 2 is 2.00 bits per heavy atom. The summed E-state index contributed by atoms with van der Waals surface area (Å²) < 4.78 is 0. The molecule has 0 fully saturated rings. The molecule has 3 nitrogen and oxygen atoms in total. The molecule has 2 N–H and O–H groups in total. The average Bonchev–Trinajstić information content (AvgIpc) is 2.08. The summed E-state index contributed by atoms with van der Waals surface area (Å²) in [5.74, 6) is 0.110. The molecule has 0 bridgehead atoms. The van der Waals surface area contributed by atoms with E-state index in [4.69, 9.17) is 0 Å². The Labute approximate surface area is 93.3 Å². The van der Waals surface area contributed by atoms with Crippen LogP contribution in [0.5, 0.6) is 0 Å². The second kappa shape index (κ2) is 7.46. The van der Waals surface area contributed by atoms with Gasteiger partial charge in [0.1, 0.15) is 0 Å². The fourth-order valence-corrected chi connectivity index (χ4v) is 1.18. The predicted molar refractivity (Wildman–Crippen MR) is 64.8 cm³/mol. The van der Waals surface area contributed by atoms with E-state index in [0.717, 1.165) is 25.9 Å². The summed E-state index contributed by atoms with van der Waals surface area (Å²) in [5, 5.41) is 6.15. The van der Waals surface area contributed by atoms with Crippen LogP contribution in [-0.2, 0) is 4.79 Å². The highest BCUT2D eigenvalue weighted by molar-refractivity contribution is 5.76. The van der Waals surface area contributed by atoms with Crippen LogP contribution in [0.2, 0.25) is 0 Å². The minimum absolute atomic E-state index is 0.110. The van der Waals surface area contributed by atoms with Crippen LogP contribution in [-0.4, -0.2) is 24.5 Å². The van der Waals surface area contributed by atoms with Crippen molar-refractivity contribution in [2.75, 3.05) is 13.1 Å². The summed E-state index contributed by atoms with van der Waals surface area (Å²) in [6.45, 7) is 11.3. The first-order valence-corrected chi connectivity index (χ1v) is 5.58. The summed E-state index contributed by atoms with van der Waals surface area (Å²) >= 11 is 0. The first kappa shape index (κ1) is 14.2. The lowest BCUT2D eigenvalue weighted by Gasteiger charge is -2.20. The van der Waals surface area contributed by atoms with Crippen molar-refractivity contribution in [3.05, 3.63) is 12.7 Å². The van der Waals surface area contributed by atoms with Crippen LogP contribution >= 0.6 is 0 Å². The van der Waals surface area contributed by atoms with E-state index in [0.29, 0.717) is 6.42 Å². The zero-order valence-electron chi connectivity index (χ0n) is 10.2. The van der Waals surface area contributed by atoms with Crippen molar-refractivity contribution in [1.82, 2.24) is 10.6 Å². The molecule has 0 heterocycles. The Morgan fingerprint density at radius 1 is 1.33 bits per heavy atom. The van der Waals surface area contributed by atoms with Crippen LogP contribution in [0, 0.1) is 0 Å². The predicted octanol–water partition coefficient (Wildman–Crippen LogP) is 1.85. The van der Waals surface area contributed by atoms with Gasteiger partial charge in [0.2, 0.25) is 5.91 Å². The third-order valence-electron chi connectivity index (χ3n) is 1.81. The van der Waals surface area contributed by atoms with Crippen LogP contribution in [0.15, 0.2) is 12.7 Å². The number of amides is 1. The topological polar surface area (TPSA) is 41.1 Å². The average molecular weight is 212 g/mol. The van der Waals surface area contributed by atoms with Crippen molar-refractivity contribution in [3.8, 4) is 0 Å². The molecular formula is C12H24N2O. The lowest BCUT2D eigenvalue weighted by Crippen LogP contribution is -2.41. The highest BCUT2D eigenvalue weighted by atomic mass is 16.1. The van der Waals surface area contributed by atoms with Crippen LogP contribution < -0.4 is 10.6 Å². The Bertz CT molecular complexity index is 194. The number of rotatable bonds is 7. The molecule has 0 aromatic heterocycles. The Kier molecular flexibility index (Phi) is 7.05. The summed E-state index contributed by atoms with van der Waals surface area (Å²) in [6, 6.07) is 0. The van der Waals surface area contributed by atoms with Gasteiger partial charge < -0.3 is 10.6 Å². The van der Waals surface area contributed by atoms with Crippen molar-refractivity contribution in [2.24, 2.45) is 0 Å². The summed E-state index contributed by atoms with van der Waals surface area (Å²) in [6.07, 6.45) is 4.57. The third-order valence-corrected chi connectivity index (χ3v) is 1.81. The van der Waals surface area contributed by atoms with Gasteiger partial charge in [-0.3, -0.25) is 4.79 Å². The molecule has 15 heavy (non-hydrogen) atoms. The molecule has 0 aromatic rings. The molecular weight excluding hydrogens is 188 g/mol. The van der Waals surface area contributed by atoms with Crippen LogP contribution in [0.4, 0.5) is 0 Å². The monoisotopic (exact) mass is 212 g/mol. The lowest BCUT2D eigenvalue weighted by atomic mass is 10.1. The molecule has 0 unspecified atom stereocenters. The maximum Gasteiger partial charge on any atom is 0.221 e. The molecule has 0 rings (SSSR count). The fourth-order valence-electron chi connectivity index (χ4n) is 1.18. The normalized spacial score (nSPS) is 11.1. The van der Waals surface area contributed by atoms with Crippen LogP contribution in [0.3, 0.4) is 0 Å². The number of carbonyl (C=O) groups excluding carboxylic acids is 1. The maximum absolute atomic E-state index is 11.4. The van der Waals surface area contributed by atoms with E-state index in [1.165, 1.54) is 0 Å². The van der Waals surface area contributed by atoms with Gasteiger partial charge in [-0.05, 0) is 40.2 Å². The molecule has 0 aliphatic carbocycles. The van der Waals surface area contributed by atoms with Gasteiger partial charge in [-0.25, -0.2) is 0 Å². The fraction of sp³-hybridized carbons (Fsp3) is 0.750. The zero-order valence-corrected chi connectivity index (χ0v) is 10.2. The van der Waals surface area contributed by atoms with E-state index in [1.807, 2.05) is 26.8 Å². The number of carbonyl (C=O) groups is 1. The van der Waals surface area contributed by atoms with Gasteiger partial charge in [0, 0.05) is 18.5 Å². The van der Waals surface area contributed by atoms with Crippen LogP contribution in [0.25, 0.3) is 0 Å². The lowest BCUT2D eigenvalue weighted by molar-refractivity contribution is -0.122. The Morgan fingerprint density at radius 3 is 2.53 bits per heavy atom. The number of hydrogen-bond donors (Lipinski definition) is 2. The van der Waals surface area contributed by atoms with Crippen molar-refractivity contribution in [1.29, 1.82) is 0 Å². The molecule has 1 amide bonds. The first-order chi connectivity index (χ1) is 6.95. The van der Waals surface area contributed by atoms with Gasteiger partial charge in [-0.1, -0.05) is 6.08 Å². The summed E-state index contributed by atoms with van der Waals surface area (Å²) in [5.41, 5.74) is -0.125. The van der Waals surface area contributed by atoms with Gasteiger partial charge >= 0.3 is 0 Å². The second-order valence-electron chi connectivity index (χ2n) is 4.73. The third kappa shape index (κ3) is 11.1. The molecule has 3 heteroatoms. The van der Waals surface area contributed by atoms with E-state index in [1.54, 1.807) is 0 Å². The van der Waals surface area contributed by atoms with Crippen molar-refractivity contribution in [2.45, 2.75) is 45.6 Å². The van der Waals surface area contributed by atoms with E-state index in [-0.39, 0.29) is 11.4 Å². The standard InChI is InChI=1S/C12H24N2O/c1-5-6-7-9-13-10-8-11(15)14-12(2,3)4/h5,13H,1,6-10H2,2-4H3,(H,14,15). The zero-order chi connectivity index (χ0) is 11.7. The van der Waals surface area contributed by atoms with Gasteiger partial charge in [0.25, 0.3) is 0 Å². The molecule has 0 saturated carbocycles. The highest BCUT2D eigenvalue weighted by Gasteiger charge is 2.12. The Balaban J connectivity index is 3.36. The summed E-state index contributed by atoms with van der Waals surface area (Å²) in [7, 11) is 0. The first-order valence-electron chi connectivity index (χ1n) is 5.58. The quantitative estimate of drug-likeness (QED) is 0.499. The SMILES string of the molecule is C=CCCCNCCC(=O)NC(C)(C)C. The van der Waals surface area contributed by atoms with Gasteiger partial charge in [-0.2, -0.15) is 0 Å². The van der Waals surface area contributed by atoms with Crippen LogP contribution in [0.1, 0.15) is 40.0 Å². The van der Waals surface area contributed by atoms with Gasteiger partial charge in [0.05, 0.1) is 0 Å². The molecule has 0 aliphatic heterocycles. The van der Waals surface area contributed by atoms with Gasteiger partial charge in [0.15, 0.2) is 0 Å². The molecule has 0 aromatic carbocycles. The van der Waals surface area contributed by atoms with E-state index < -0.39 is 0 Å². The molecule has 0 aliphatic rings. The van der Waals surface area contributed by atoms with E-state index >= 15 is 0 Å². The number of hydrogen-bond acceptors (Lipinski definition) is 2. The Hall–Kier alpha value is -0.830. The molecule has 0 saturated heterocycles. The summed E-state index contributed by atoms with van der Waals surface area (Å²) in [4.78, 5) is 11.4. The highest BCUT2D eigenvalue weighted by Crippen LogP contribution is 1.98. The largest absolute Gasteiger partial charge is 0.351 e. The molecule has 0 atom stereocenters. The number of allylic oxidation sites excluding steroid dienone is 1. The number of unbranched alkanes of at least 4 members (excludes halogenated alkanes) is 1. The van der Waals surface area contributed by atoms with Gasteiger partial charge in [-0.15, -0.1) is 6.58 Å². The minimum atomic E-state index is -0.125. The molecule has 0 radical (unpaired) electrons.